The molecule has 0 bridgehead atoms. The summed E-state index contributed by atoms with van der Waals surface area (Å²) >= 11 is 0. The summed E-state index contributed by atoms with van der Waals surface area (Å²) in [6, 6.07) is 0.0687. The number of H-pyrrole nitrogens is 1. The minimum Gasteiger partial charge on any atom is -0.393 e. The van der Waals surface area contributed by atoms with Gasteiger partial charge in [0.25, 0.3) is 5.56 Å². The first-order valence-corrected chi connectivity index (χ1v) is 8.19. The summed E-state index contributed by atoms with van der Waals surface area (Å²) < 4.78 is 0. The molecule has 1 aliphatic heterocycles. The molecular weight excluding hydrogens is 280 g/mol. The Morgan fingerprint density at radius 2 is 2.14 bits per heavy atom. The number of nitrogens with two attached hydrogens (primary N) is 1. The number of aromatic nitrogens is 2. The van der Waals surface area contributed by atoms with Crippen LogP contribution < -0.4 is 16.2 Å². The van der Waals surface area contributed by atoms with E-state index in [0.717, 1.165) is 38.0 Å². The van der Waals surface area contributed by atoms with Gasteiger partial charge >= 0.3 is 0 Å². The maximum atomic E-state index is 12.2. The summed E-state index contributed by atoms with van der Waals surface area (Å²) in [6.45, 7) is 5.61. The van der Waals surface area contributed by atoms with E-state index in [4.69, 9.17) is 5.73 Å². The molecule has 2 aliphatic rings. The molecule has 1 saturated carbocycles. The van der Waals surface area contributed by atoms with E-state index in [1.807, 2.05) is 18.7 Å². The van der Waals surface area contributed by atoms with Crippen LogP contribution in [0.5, 0.6) is 0 Å². The van der Waals surface area contributed by atoms with Gasteiger partial charge < -0.3 is 20.7 Å². The molecule has 1 aliphatic carbocycles. The van der Waals surface area contributed by atoms with Gasteiger partial charge in [-0.2, -0.15) is 0 Å². The summed E-state index contributed by atoms with van der Waals surface area (Å²) in [5, 5.41) is 9.87. The second-order valence-electron chi connectivity index (χ2n) is 7.20. The van der Waals surface area contributed by atoms with Crippen LogP contribution in [0.1, 0.15) is 51.1 Å². The van der Waals surface area contributed by atoms with Gasteiger partial charge in [0.2, 0.25) is 0 Å². The van der Waals surface area contributed by atoms with Gasteiger partial charge in [0.15, 0.2) is 5.82 Å². The Morgan fingerprint density at radius 3 is 2.64 bits per heavy atom. The Morgan fingerprint density at radius 1 is 1.45 bits per heavy atom. The van der Waals surface area contributed by atoms with E-state index < -0.39 is 0 Å². The van der Waals surface area contributed by atoms with Crippen molar-refractivity contribution < 1.29 is 5.11 Å². The lowest BCUT2D eigenvalue weighted by molar-refractivity contribution is 0.141. The third-order valence-electron chi connectivity index (χ3n) is 5.42. The largest absolute Gasteiger partial charge is 0.393 e. The van der Waals surface area contributed by atoms with E-state index in [2.05, 4.69) is 9.97 Å². The predicted molar refractivity (Wildman–Crippen MR) is 86.0 cm³/mol. The molecule has 0 radical (unpaired) electrons. The third-order valence-corrected chi connectivity index (χ3v) is 5.42. The van der Waals surface area contributed by atoms with Crippen molar-refractivity contribution in [1.82, 2.24) is 9.97 Å². The highest BCUT2D eigenvalue weighted by molar-refractivity contribution is 5.37. The van der Waals surface area contributed by atoms with Crippen LogP contribution in [0.2, 0.25) is 0 Å². The first-order valence-electron chi connectivity index (χ1n) is 8.19. The van der Waals surface area contributed by atoms with Crippen LogP contribution in [-0.2, 0) is 0 Å². The second-order valence-corrected chi connectivity index (χ2v) is 7.20. The van der Waals surface area contributed by atoms with Crippen molar-refractivity contribution in [2.45, 2.75) is 57.6 Å². The lowest BCUT2D eigenvalue weighted by Crippen LogP contribution is -2.48. The highest BCUT2D eigenvalue weighted by atomic mass is 16.3. The zero-order chi connectivity index (χ0) is 15.9. The molecule has 4 N–H and O–H groups in total. The molecule has 2 heterocycles. The summed E-state index contributed by atoms with van der Waals surface area (Å²) in [7, 11) is 0. The van der Waals surface area contributed by atoms with Crippen molar-refractivity contribution in [3.05, 3.63) is 22.2 Å². The van der Waals surface area contributed by atoms with E-state index >= 15 is 0 Å². The lowest BCUT2D eigenvalue weighted by Gasteiger charge is -2.42. The van der Waals surface area contributed by atoms with E-state index in [0.29, 0.717) is 12.2 Å². The molecule has 2 fully saturated rings. The van der Waals surface area contributed by atoms with Gasteiger partial charge in [-0.05, 0) is 37.0 Å². The van der Waals surface area contributed by atoms with Gasteiger partial charge in [-0.25, -0.2) is 4.98 Å². The number of hydrogen-bond donors (Lipinski definition) is 3. The molecule has 2 atom stereocenters. The van der Waals surface area contributed by atoms with Crippen LogP contribution >= 0.6 is 0 Å². The van der Waals surface area contributed by atoms with Crippen LogP contribution in [0.3, 0.4) is 0 Å². The number of nitrogens with one attached hydrogen (secondary N) is 1. The number of anilines is 1. The van der Waals surface area contributed by atoms with E-state index in [1.54, 1.807) is 6.20 Å². The fourth-order valence-corrected chi connectivity index (χ4v) is 3.91. The number of aliphatic hydroxyl groups excluding tert-OH is 1. The van der Waals surface area contributed by atoms with Gasteiger partial charge in [-0.3, -0.25) is 4.79 Å². The number of hydrogen-bond acceptors (Lipinski definition) is 5. The van der Waals surface area contributed by atoms with Gasteiger partial charge in [-0.15, -0.1) is 0 Å². The Labute approximate surface area is 130 Å². The standard InChI is InChI=1S/C16H26N4O2/c1-10(2)12-9-18-14(15(22)19-12)20-5-3-16(4-6-20)8-11(21)7-13(16)17/h9-11,13,21H,3-8,17H2,1-2H3,(H,19,22)/t11-,13?/m1/s1. The van der Waals surface area contributed by atoms with Crippen molar-refractivity contribution >= 4 is 5.82 Å². The Hall–Kier alpha value is -1.40. The highest BCUT2D eigenvalue weighted by Gasteiger charge is 2.46. The van der Waals surface area contributed by atoms with Gasteiger partial charge in [-0.1, -0.05) is 13.8 Å². The van der Waals surface area contributed by atoms with E-state index in [9.17, 15) is 9.90 Å². The average Bonchev–Trinajstić information content (AvgIpc) is 2.74. The maximum Gasteiger partial charge on any atom is 0.291 e. The molecule has 3 rings (SSSR count). The molecule has 1 spiro atoms. The number of aliphatic hydroxyl groups is 1. The minimum atomic E-state index is -0.270. The molecule has 0 aromatic carbocycles. The lowest BCUT2D eigenvalue weighted by atomic mass is 9.74. The fourth-order valence-electron chi connectivity index (χ4n) is 3.91. The molecular formula is C16H26N4O2. The first-order chi connectivity index (χ1) is 10.4. The van der Waals surface area contributed by atoms with Crippen molar-refractivity contribution in [3.63, 3.8) is 0 Å². The second kappa shape index (κ2) is 5.66. The smallest absolute Gasteiger partial charge is 0.291 e. The van der Waals surface area contributed by atoms with Crippen LogP contribution in [0, 0.1) is 5.41 Å². The van der Waals surface area contributed by atoms with Crippen molar-refractivity contribution in [1.29, 1.82) is 0 Å². The van der Waals surface area contributed by atoms with E-state index in [-0.39, 0.29) is 29.0 Å². The SMILES string of the molecule is CC(C)c1cnc(N2CCC3(CC2)C[C@H](O)CC3N)c(=O)[nH]1. The van der Waals surface area contributed by atoms with E-state index in [1.165, 1.54) is 0 Å². The number of rotatable bonds is 2. The summed E-state index contributed by atoms with van der Waals surface area (Å²) in [6.07, 6.45) is 4.81. The third kappa shape index (κ3) is 2.65. The summed E-state index contributed by atoms with van der Waals surface area (Å²) in [5.74, 6) is 0.767. The van der Waals surface area contributed by atoms with Gasteiger partial charge in [0, 0.05) is 31.0 Å². The monoisotopic (exact) mass is 306 g/mol. The zero-order valence-corrected chi connectivity index (χ0v) is 13.4. The van der Waals surface area contributed by atoms with Crippen molar-refractivity contribution in [2.75, 3.05) is 18.0 Å². The molecule has 1 aromatic heterocycles. The fraction of sp³-hybridized carbons (Fsp3) is 0.750. The Bertz CT molecular complexity index is 590. The quantitative estimate of drug-likeness (QED) is 0.756. The van der Waals surface area contributed by atoms with Crippen LogP contribution in [0.4, 0.5) is 5.82 Å². The molecule has 6 heteroatoms. The molecule has 1 unspecified atom stereocenters. The van der Waals surface area contributed by atoms with Gasteiger partial charge in [0.05, 0.1) is 6.10 Å². The van der Waals surface area contributed by atoms with Crippen LogP contribution in [-0.4, -0.2) is 40.3 Å². The zero-order valence-electron chi connectivity index (χ0n) is 13.4. The minimum absolute atomic E-state index is 0.0422. The normalized spacial score (nSPS) is 27.8. The Balaban J connectivity index is 1.73. The highest BCUT2D eigenvalue weighted by Crippen LogP contribution is 2.45. The molecule has 1 aromatic rings. The van der Waals surface area contributed by atoms with Crippen LogP contribution in [0.25, 0.3) is 0 Å². The van der Waals surface area contributed by atoms with Crippen molar-refractivity contribution in [3.8, 4) is 0 Å². The molecule has 22 heavy (non-hydrogen) atoms. The predicted octanol–water partition coefficient (Wildman–Crippen LogP) is 0.962. The number of piperidine rings is 1. The number of aromatic amines is 1. The van der Waals surface area contributed by atoms with Crippen LogP contribution in [0.15, 0.2) is 11.0 Å². The number of nitrogens with zero attached hydrogens (tertiary/aromatic N) is 2. The first kappa shape index (κ1) is 15.5. The molecule has 0 amide bonds. The summed E-state index contributed by atoms with van der Waals surface area (Å²) in [5.41, 5.74) is 7.03. The maximum absolute atomic E-state index is 12.2. The Kier molecular flexibility index (Phi) is 3.99. The topological polar surface area (TPSA) is 95.2 Å². The van der Waals surface area contributed by atoms with Gasteiger partial charge in [0.1, 0.15) is 0 Å². The average molecular weight is 306 g/mol. The molecule has 122 valence electrons. The molecule has 1 saturated heterocycles. The van der Waals surface area contributed by atoms with Crippen molar-refractivity contribution in [2.24, 2.45) is 11.1 Å². The molecule has 6 nitrogen and oxygen atoms in total. The summed E-state index contributed by atoms with van der Waals surface area (Å²) in [4.78, 5) is 21.6.